The third-order valence-corrected chi connectivity index (χ3v) is 4.95. The minimum atomic E-state index is -0.167. The van der Waals surface area contributed by atoms with Crippen molar-refractivity contribution in [1.82, 2.24) is 9.55 Å². The van der Waals surface area contributed by atoms with Gasteiger partial charge in [0.1, 0.15) is 0 Å². The van der Waals surface area contributed by atoms with Crippen LogP contribution in [0.4, 0.5) is 0 Å². The fraction of sp³-hybridized carbons (Fsp3) is 0.250. The van der Waals surface area contributed by atoms with Crippen molar-refractivity contribution in [3.8, 4) is 10.6 Å². The van der Waals surface area contributed by atoms with E-state index >= 15 is 0 Å². The minimum absolute atomic E-state index is 0.167. The number of halogens is 1. The topological polar surface area (TPSA) is 34.9 Å². The predicted octanol–water partition coefficient (Wildman–Crippen LogP) is 4.19. The highest BCUT2D eigenvalue weighted by Gasteiger charge is 2.24. The van der Waals surface area contributed by atoms with Crippen LogP contribution >= 0.6 is 22.9 Å². The maximum Gasteiger partial charge on any atom is 0.348 e. The lowest BCUT2D eigenvalue weighted by Crippen LogP contribution is -2.24. The van der Waals surface area contributed by atoms with Crippen molar-refractivity contribution >= 4 is 33.8 Å². The van der Waals surface area contributed by atoms with Gasteiger partial charge in [0, 0.05) is 17.0 Å². The number of fused-ring (bicyclic) bond motifs is 1. The van der Waals surface area contributed by atoms with E-state index in [1.807, 2.05) is 35.7 Å². The zero-order valence-electron chi connectivity index (χ0n) is 11.3. The van der Waals surface area contributed by atoms with Gasteiger partial charge in [-0.15, -0.1) is 11.3 Å². The molecule has 1 saturated carbocycles. The van der Waals surface area contributed by atoms with Crippen LogP contribution in [0.3, 0.4) is 0 Å². The second-order valence-electron chi connectivity index (χ2n) is 5.44. The average molecular weight is 317 g/mol. The quantitative estimate of drug-likeness (QED) is 0.726. The monoisotopic (exact) mass is 316 g/mol. The summed E-state index contributed by atoms with van der Waals surface area (Å²) in [5, 5.41) is 3.60. The van der Waals surface area contributed by atoms with E-state index in [-0.39, 0.29) is 5.69 Å². The summed E-state index contributed by atoms with van der Waals surface area (Å²) in [7, 11) is 0. The first-order valence-electron chi connectivity index (χ1n) is 6.96. The van der Waals surface area contributed by atoms with Gasteiger partial charge in [0.15, 0.2) is 0 Å². The summed E-state index contributed by atoms with van der Waals surface area (Å²) in [5.74, 6) is 0.621. The second kappa shape index (κ2) is 4.97. The first-order chi connectivity index (χ1) is 10.2. The highest BCUT2D eigenvalue weighted by atomic mass is 35.5. The molecule has 0 aliphatic heterocycles. The van der Waals surface area contributed by atoms with Crippen molar-refractivity contribution in [3.05, 3.63) is 51.2 Å². The van der Waals surface area contributed by atoms with Gasteiger partial charge in [-0.25, -0.2) is 4.79 Å². The molecule has 3 nitrogen and oxygen atoms in total. The molecule has 0 bridgehead atoms. The first kappa shape index (κ1) is 13.0. The maximum atomic E-state index is 12.4. The molecule has 0 N–H and O–H groups in total. The molecule has 2 heterocycles. The van der Waals surface area contributed by atoms with Crippen LogP contribution in [0.5, 0.6) is 0 Å². The van der Waals surface area contributed by atoms with Crippen molar-refractivity contribution in [2.24, 2.45) is 5.92 Å². The molecular weight excluding hydrogens is 304 g/mol. The van der Waals surface area contributed by atoms with Gasteiger partial charge in [0.05, 0.1) is 16.1 Å². The van der Waals surface area contributed by atoms with Gasteiger partial charge in [-0.1, -0.05) is 17.7 Å². The molecule has 106 valence electrons. The Morgan fingerprint density at radius 3 is 2.90 bits per heavy atom. The van der Waals surface area contributed by atoms with E-state index in [2.05, 4.69) is 4.98 Å². The standard InChI is InChI=1S/C16H13ClN2OS/c17-11-5-6-13-12(8-11)15(14-2-1-7-21-14)18-16(20)19(13)9-10-3-4-10/h1-2,5-8,10H,3-4,9H2. The summed E-state index contributed by atoms with van der Waals surface area (Å²) < 4.78 is 1.79. The molecule has 1 aliphatic rings. The van der Waals surface area contributed by atoms with Crippen LogP contribution in [0.2, 0.25) is 5.02 Å². The Hall–Kier alpha value is -1.65. The Bertz CT molecular complexity index is 866. The van der Waals surface area contributed by atoms with E-state index in [1.54, 1.807) is 15.9 Å². The summed E-state index contributed by atoms with van der Waals surface area (Å²) in [6, 6.07) is 9.62. The summed E-state index contributed by atoms with van der Waals surface area (Å²) in [6.07, 6.45) is 2.41. The van der Waals surface area contributed by atoms with Crippen molar-refractivity contribution in [1.29, 1.82) is 0 Å². The number of benzene rings is 1. The van der Waals surface area contributed by atoms with Crippen molar-refractivity contribution in [3.63, 3.8) is 0 Å². The Morgan fingerprint density at radius 2 is 2.19 bits per heavy atom. The third-order valence-electron chi connectivity index (χ3n) is 3.84. The largest absolute Gasteiger partial charge is 0.348 e. The van der Waals surface area contributed by atoms with Crippen molar-refractivity contribution in [2.45, 2.75) is 19.4 Å². The molecule has 0 amide bonds. The van der Waals surface area contributed by atoms with Gasteiger partial charge in [0.25, 0.3) is 0 Å². The number of hydrogen-bond donors (Lipinski definition) is 0. The molecule has 0 unspecified atom stereocenters. The van der Waals surface area contributed by atoms with E-state index in [1.165, 1.54) is 12.8 Å². The highest BCUT2D eigenvalue weighted by Crippen LogP contribution is 2.34. The molecule has 3 aromatic rings. The van der Waals surface area contributed by atoms with Gasteiger partial charge >= 0.3 is 5.69 Å². The fourth-order valence-electron chi connectivity index (χ4n) is 2.59. The Labute approximate surface area is 130 Å². The van der Waals surface area contributed by atoms with Gasteiger partial charge < -0.3 is 0 Å². The lowest BCUT2D eigenvalue weighted by atomic mass is 10.1. The normalized spacial score (nSPS) is 14.7. The van der Waals surface area contributed by atoms with Crippen LogP contribution in [-0.4, -0.2) is 9.55 Å². The molecule has 1 aliphatic carbocycles. The number of hydrogen-bond acceptors (Lipinski definition) is 3. The summed E-state index contributed by atoms with van der Waals surface area (Å²) in [6.45, 7) is 0.759. The molecule has 0 spiro atoms. The van der Waals surface area contributed by atoms with Crippen LogP contribution < -0.4 is 5.69 Å². The molecule has 5 heteroatoms. The first-order valence-corrected chi connectivity index (χ1v) is 8.22. The molecule has 1 aromatic carbocycles. The molecule has 0 radical (unpaired) electrons. The van der Waals surface area contributed by atoms with Gasteiger partial charge in [-0.3, -0.25) is 4.57 Å². The van der Waals surface area contributed by atoms with Crippen LogP contribution in [-0.2, 0) is 6.54 Å². The predicted molar refractivity (Wildman–Crippen MR) is 87.1 cm³/mol. The Kier molecular flexibility index (Phi) is 3.08. The van der Waals surface area contributed by atoms with Crippen LogP contribution in [0.25, 0.3) is 21.5 Å². The SMILES string of the molecule is O=c1nc(-c2cccs2)c2cc(Cl)ccc2n1CC1CC1. The highest BCUT2D eigenvalue weighted by molar-refractivity contribution is 7.13. The zero-order valence-corrected chi connectivity index (χ0v) is 12.8. The molecular formula is C16H13ClN2OS. The lowest BCUT2D eigenvalue weighted by Gasteiger charge is -2.12. The average Bonchev–Trinajstić information content (AvgIpc) is 3.12. The maximum absolute atomic E-state index is 12.4. The number of nitrogens with zero attached hydrogens (tertiary/aromatic N) is 2. The Balaban J connectivity index is 2.02. The summed E-state index contributed by atoms with van der Waals surface area (Å²) in [5.41, 5.74) is 1.49. The fourth-order valence-corrected chi connectivity index (χ4v) is 3.49. The number of rotatable bonds is 3. The second-order valence-corrected chi connectivity index (χ2v) is 6.82. The number of aromatic nitrogens is 2. The van der Waals surface area contributed by atoms with Crippen LogP contribution in [0, 0.1) is 5.92 Å². The van der Waals surface area contributed by atoms with Crippen LogP contribution in [0.1, 0.15) is 12.8 Å². The Morgan fingerprint density at radius 1 is 1.33 bits per heavy atom. The molecule has 0 atom stereocenters. The van der Waals surface area contributed by atoms with Crippen LogP contribution in [0.15, 0.2) is 40.5 Å². The van der Waals surface area contributed by atoms with E-state index < -0.39 is 0 Å². The van der Waals surface area contributed by atoms with E-state index in [9.17, 15) is 4.79 Å². The number of thiophene rings is 1. The van der Waals surface area contributed by atoms with E-state index in [0.717, 1.165) is 28.0 Å². The third kappa shape index (κ3) is 2.39. The molecule has 4 rings (SSSR count). The molecule has 0 saturated heterocycles. The van der Waals surface area contributed by atoms with Gasteiger partial charge in [0.2, 0.25) is 0 Å². The van der Waals surface area contributed by atoms with Gasteiger partial charge in [-0.05, 0) is 48.4 Å². The lowest BCUT2D eigenvalue weighted by molar-refractivity contribution is 0.614. The minimum Gasteiger partial charge on any atom is -0.292 e. The zero-order chi connectivity index (χ0) is 14.4. The van der Waals surface area contributed by atoms with Crippen molar-refractivity contribution in [2.75, 3.05) is 0 Å². The molecule has 21 heavy (non-hydrogen) atoms. The van der Waals surface area contributed by atoms with E-state index in [0.29, 0.717) is 10.9 Å². The molecule has 2 aromatic heterocycles. The smallest absolute Gasteiger partial charge is 0.292 e. The van der Waals surface area contributed by atoms with Gasteiger partial charge in [-0.2, -0.15) is 4.98 Å². The van der Waals surface area contributed by atoms with Crippen molar-refractivity contribution < 1.29 is 0 Å². The van der Waals surface area contributed by atoms with E-state index in [4.69, 9.17) is 11.6 Å². The molecule has 1 fully saturated rings. The summed E-state index contributed by atoms with van der Waals surface area (Å²) >= 11 is 7.73. The summed E-state index contributed by atoms with van der Waals surface area (Å²) in [4.78, 5) is 17.7.